The number of carboxylic acid groups (broad SMARTS) is 1. The van der Waals surface area contributed by atoms with Gasteiger partial charge in [-0.25, -0.2) is 4.79 Å². The molecular formula is C11H7BrN2O3S. The van der Waals surface area contributed by atoms with E-state index in [2.05, 4.69) is 26.2 Å². The topological polar surface area (TPSA) is 79.3 Å². The number of pyridine rings is 1. The second-order valence-electron chi connectivity index (χ2n) is 3.32. The summed E-state index contributed by atoms with van der Waals surface area (Å²) in [6, 6.07) is 3.00. The summed E-state index contributed by atoms with van der Waals surface area (Å²) >= 11 is 4.63. The first-order chi connectivity index (χ1) is 8.58. The largest absolute Gasteiger partial charge is 0.478 e. The Balaban J connectivity index is 2.24. The number of carbonyl (C=O) groups excluding carboxylic acids is 1. The Labute approximate surface area is 115 Å². The van der Waals surface area contributed by atoms with Crippen LogP contribution < -0.4 is 5.32 Å². The number of thiophene rings is 1. The number of carboxylic acids is 1. The summed E-state index contributed by atoms with van der Waals surface area (Å²) in [6.07, 6.45) is 2.67. The summed E-state index contributed by atoms with van der Waals surface area (Å²) in [5.74, 6) is -1.48. The molecule has 0 spiro atoms. The smallest absolute Gasteiger partial charge is 0.337 e. The Morgan fingerprint density at radius 1 is 1.44 bits per heavy atom. The van der Waals surface area contributed by atoms with Crippen LogP contribution >= 0.6 is 27.3 Å². The summed E-state index contributed by atoms with van der Waals surface area (Å²) in [5, 5.41) is 13.2. The molecule has 0 bridgehead atoms. The summed E-state index contributed by atoms with van der Waals surface area (Å²) in [5.41, 5.74) is 0.650. The van der Waals surface area contributed by atoms with Crippen molar-refractivity contribution in [3.8, 4) is 0 Å². The third-order valence-corrected chi connectivity index (χ3v) is 3.63. The molecule has 2 heterocycles. The molecule has 0 saturated carbocycles. The van der Waals surface area contributed by atoms with E-state index in [4.69, 9.17) is 5.11 Å². The first-order valence-electron chi connectivity index (χ1n) is 4.80. The molecule has 2 aromatic heterocycles. The number of aromatic carboxylic acids is 1. The van der Waals surface area contributed by atoms with Gasteiger partial charge in [0.05, 0.1) is 26.8 Å². The fraction of sp³-hybridized carbons (Fsp3) is 0. The fourth-order valence-electron chi connectivity index (χ4n) is 1.30. The highest BCUT2D eigenvalue weighted by Crippen LogP contribution is 2.22. The molecule has 7 heteroatoms. The van der Waals surface area contributed by atoms with Crippen molar-refractivity contribution in [2.24, 2.45) is 0 Å². The number of anilines is 1. The van der Waals surface area contributed by atoms with Gasteiger partial charge >= 0.3 is 5.97 Å². The molecule has 2 rings (SSSR count). The number of amides is 1. The first-order valence-corrected chi connectivity index (χ1v) is 6.48. The summed E-state index contributed by atoms with van der Waals surface area (Å²) < 4.78 is 0.831. The number of nitrogens with one attached hydrogen (secondary N) is 1. The van der Waals surface area contributed by atoms with E-state index in [1.54, 1.807) is 11.4 Å². The van der Waals surface area contributed by atoms with Crippen molar-refractivity contribution < 1.29 is 14.7 Å². The highest BCUT2D eigenvalue weighted by Gasteiger charge is 2.14. The second-order valence-corrected chi connectivity index (χ2v) is 5.61. The van der Waals surface area contributed by atoms with Crippen molar-refractivity contribution in [3.63, 3.8) is 0 Å². The molecule has 0 unspecified atom stereocenters. The third kappa shape index (κ3) is 2.74. The molecule has 92 valence electrons. The predicted molar refractivity (Wildman–Crippen MR) is 71.2 cm³/mol. The number of aromatic nitrogens is 1. The number of nitrogens with zero attached hydrogens (tertiary/aromatic N) is 1. The lowest BCUT2D eigenvalue weighted by Gasteiger charge is -2.06. The van der Waals surface area contributed by atoms with Gasteiger partial charge in [-0.1, -0.05) is 0 Å². The molecule has 2 aromatic rings. The van der Waals surface area contributed by atoms with Crippen LogP contribution in [0.3, 0.4) is 0 Å². The molecule has 0 atom stereocenters. The molecule has 5 nitrogen and oxygen atoms in total. The van der Waals surface area contributed by atoms with E-state index in [1.165, 1.54) is 29.8 Å². The maximum absolute atomic E-state index is 11.9. The van der Waals surface area contributed by atoms with Gasteiger partial charge in [-0.05, 0) is 28.1 Å². The minimum Gasteiger partial charge on any atom is -0.478 e. The molecule has 0 fully saturated rings. The molecule has 0 aromatic carbocycles. The van der Waals surface area contributed by atoms with Gasteiger partial charge in [0.25, 0.3) is 5.91 Å². The van der Waals surface area contributed by atoms with Crippen molar-refractivity contribution in [1.82, 2.24) is 4.98 Å². The Morgan fingerprint density at radius 3 is 2.83 bits per heavy atom. The second kappa shape index (κ2) is 5.28. The highest BCUT2D eigenvalue weighted by atomic mass is 79.9. The zero-order valence-electron chi connectivity index (χ0n) is 8.88. The van der Waals surface area contributed by atoms with E-state index in [9.17, 15) is 9.59 Å². The molecule has 18 heavy (non-hydrogen) atoms. The molecule has 0 aliphatic rings. The van der Waals surface area contributed by atoms with Gasteiger partial charge in [-0.3, -0.25) is 9.78 Å². The SMILES string of the molecule is O=C(Nc1cnccc1C(=O)O)c1csc(Br)c1. The Bertz CT molecular complexity index is 612. The van der Waals surface area contributed by atoms with E-state index in [0.29, 0.717) is 5.56 Å². The van der Waals surface area contributed by atoms with Crippen LogP contribution in [-0.2, 0) is 0 Å². The first kappa shape index (κ1) is 12.7. The number of carbonyl (C=O) groups is 2. The minimum atomic E-state index is -1.11. The van der Waals surface area contributed by atoms with E-state index >= 15 is 0 Å². The fourth-order valence-corrected chi connectivity index (χ4v) is 2.44. The zero-order valence-corrected chi connectivity index (χ0v) is 11.3. The van der Waals surface area contributed by atoms with E-state index in [-0.39, 0.29) is 17.2 Å². The van der Waals surface area contributed by atoms with E-state index in [0.717, 1.165) is 3.79 Å². The summed E-state index contributed by atoms with van der Waals surface area (Å²) in [7, 11) is 0. The zero-order chi connectivity index (χ0) is 13.1. The van der Waals surface area contributed by atoms with Gasteiger partial charge < -0.3 is 10.4 Å². The molecule has 0 aliphatic carbocycles. The number of hydrogen-bond donors (Lipinski definition) is 2. The van der Waals surface area contributed by atoms with Crippen LogP contribution in [0.2, 0.25) is 0 Å². The summed E-state index contributed by atoms with van der Waals surface area (Å²) in [4.78, 5) is 26.6. The summed E-state index contributed by atoms with van der Waals surface area (Å²) in [6.45, 7) is 0. The van der Waals surface area contributed by atoms with Crippen molar-refractivity contribution in [3.05, 3.63) is 44.8 Å². The van der Waals surface area contributed by atoms with Crippen molar-refractivity contribution in [1.29, 1.82) is 0 Å². The van der Waals surface area contributed by atoms with Crippen LogP contribution in [0.4, 0.5) is 5.69 Å². The van der Waals surface area contributed by atoms with Crippen LogP contribution in [0.25, 0.3) is 0 Å². The van der Waals surface area contributed by atoms with Crippen molar-refractivity contribution >= 4 is 44.8 Å². The van der Waals surface area contributed by atoms with Gasteiger partial charge in [0.2, 0.25) is 0 Å². The molecule has 2 N–H and O–H groups in total. The van der Waals surface area contributed by atoms with Crippen LogP contribution in [0.5, 0.6) is 0 Å². The average molecular weight is 327 g/mol. The lowest BCUT2D eigenvalue weighted by Crippen LogP contribution is -2.14. The maximum Gasteiger partial charge on any atom is 0.337 e. The molecule has 1 amide bonds. The number of rotatable bonds is 3. The quantitative estimate of drug-likeness (QED) is 0.908. The highest BCUT2D eigenvalue weighted by molar-refractivity contribution is 9.11. The molecule has 0 radical (unpaired) electrons. The minimum absolute atomic E-state index is 0.00708. The monoisotopic (exact) mass is 326 g/mol. The van der Waals surface area contributed by atoms with Gasteiger partial charge in [0.1, 0.15) is 0 Å². The predicted octanol–water partition coefficient (Wildman–Crippen LogP) is 2.86. The standard InChI is InChI=1S/C11H7BrN2O3S/c12-9-3-6(5-18-9)10(15)14-8-4-13-2-1-7(8)11(16)17/h1-5H,(H,14,15)(H,16,17). The Kier molecular flexibility index (Phi) is 3.73. The Morgan fingerprint density at radius 2 is 2.22 bits per heavy atom. The van der Waals surface area contributed by atoms with Crippen molar-refractivity contribution in [2.75, 3.05) is 5.32 Å². The normalized spacial score (nSPS) is 10.1. The van der Waals surface area contributed by atoms with Crippen LogP contribution in [0.15, 0.2) is 33.7 Å². The third-order valence-electron chi connectivity index (χ3n) is 2.13. The van der Waals surface area contributed by atoms with Gasteiger partial charge in [0, 0.05) is 11.6 Å². The van der Waals surface area contributed by atoms with Gasteiger partial charge in [0.15, 0.2) is 0 Å². The number of hydrogen-bond acceptors (Lipinski definition) is 4. The van der Waals surface area contributed by atoms with Crippen LogP contribution in [0, 0.1) is 0 Å². The number of halogens is 1. The lowest BCUT2D eigenvalue weighted by molar-refractivity contribution is 0.0698. The van der Waals surface area contributed by atoms with Crippen LogP contribution in [0.1, 0.15) is 20.7 Å². The average Bonchev–Trinajstić information content (AvgIpc) is 2.76. The lowest BCUT2D eigenvalue weighted by atomic mass is 10.2. The van der Waals surface area contributed by atoms with E-state index in [1.807, 2.05) is 0 Å². The van der Waals surface area contributed by atoms with E-state index < -0.39 is 5.97 Å². The maximum atomic E-state index is 11.9. The molecule has 0 saturated heterocycles. The van der Waals surface area contributed by atoms with Crippen molar-refractivity contribution in [2.45, 2.75) is 0 Å². The van der Waals surface area contributed by atoms with Gasteiger partial charge in [-0.2, -0.15) is 0 Å². The van der Waals surface area contributed by atoms with Crippen LogP contribution in [-0.4, -0.2) is 22.0 Å². The molecular weight excluding hydrogens is 320 g/mol. The Hall–Kier alpha value is -1.73. The van der Waals surface area contributed by atoms with Gasteiger partial charge in [-0.15, -0.1) is 11.3 Å². The molecule has 0 aliphatic heterocycles.